The first-order valence-corrected chi connectivity index (χ1v) is 6.13. The van der Waals surface area contributed by atoms with Crippen LogP contribution >= 0.6 is 0 Å². The molecule has 0 aromatic heterocycles. The van der Waals surface area contributed by atoms with Crippen LogP contribution in [0.2, 0.25) is 0 Å². The van der Waals surface area contributed by atoms with Crippen molar-refractivity contribution in [2.45, 2.75) is 26.2 Å². The van der Waals surface area contributed by atoms with Gasteiger partial charge < -0.3 is 15.8 Å². The van der Waals surface area contributed by atoms with Crippen molar-refractivity contribution in [2.24, 2.45) is 5.73 Å². The SMILES string of the molecule is CC(C)(C)c1ccc(OCCNC(=O)CN)cc1. The summed E-state index contributed by atoms with van der Waals surface area (Å²) in [5.41, 5.74) is 6.59. The molecular weight excluding hydrogens is 228 g/mol. The second kappa shape index (κ2) is 6.40. The molecule has 1 amide bonds. The van der Waals surface area contributed by atoms with Gasteiger partial charge in [0.1, 0.15) is 12.4 Å². The number of nitrogens with one attached hydrogen (secondary N) is 1. The predicted molar refractivity (Wildman–Crippen MR) is 72.7 cm³/mol. The molecule has 0 aliphatic carbocycles. The Morgan fingerprint density at radius 1 is 1.28 bits per heavy atom. The second-order valence-corrected chi connectivity index (χ2v) is 5.18. The van der Waals surface area contributed by atoms with Crippen molar-refractivity contribution in [3.05, 3.63) is 29.8 Å². The maximum atomic E-state index is 10.9. The van der Waals surface area contributed by atoms with Crippen molar-refractivity contribution in [3.8, 4) is 5.75 Å². The van der Waals surface area contributed by atoms with E-state index in [1.807, 2.05) is 12.1 Å². The molecule has 0 fully saturated rings. The normalized spacial score (nSPS) is 11.1. The Morgan fingerprint density at radius 2 is 1.89 bits per heavy atom. The molecule has 0 bridgehead atoms. The van der Waals surface area contributed by atoms with Gasteiger partial charge in [-0.1, -0.05) is 32.9 Å². The molecule has 0 unspecified atom stereocenters. The largest absolute Gasteiger partial charge is 0.492 e. The second-order valence-electron chi connectivity index (χ2n) is 5.18. The lowest BCUT2D eigenvalue weighted by Gasteiger charge is -2.19. The van der Waals surface area contributed by atoms with Gasteiger partial charge in [0, 0.05) is 0 Å². The van der Waals surface area contributed by atoms with Gasteiger partial charge in [-0.15, -0.1) is 0 Å². The summed E-state index contributed by atoms with van der Waals surface area (Å²) >= 11 is 0. The zero-order valence-corrected chi connectivity index (χ0v) is 11.3. The van der Waals surface area contributed by atoms with Crippen LogP contribution < -0.4 is 15.8 Å². The van der Waals surface area contributed by atoms with Crippen LogP contribution in [0.3, 0.4) is 0 Å². The van der Waals surface area contributed by atoms with Gasteiger partial charge in [-0.3, -0.25) is 4.79 Å². The van der Waals surface area contributed by atoms with E-state index in [9.17, 15) is 4.79 Å². The average Bonchev–Trinajstić information content (AvgIpc) is 2.33. The molecule has 0 heterocycles. The van der Waals surface area contributed by atoms with E-state index >= 15 is 0 Å². The van der Waals surface area contributed by atoms with Gasteiger partial charge in [0.25, 0.3) is 0 Å². The molecule has 0 aliphatic heterocycles. The third-order valence-electron chi connectivity index (χ3n) is 2.60. The van der Waals surface area contributed by atoms with Crippen LogP contribution in [0, 0.1) is 0 Å². The molecule has 1 aromatic rings. The van der Waals surface area contributed by atoms with Crippen LogP contribution in [0.5, 0.6) is 5.75 Å². The fourth-order valence-corrected chi connectivity index (χ4v) is 1.48. The maximum Gasteiger partial charge on any atom is 0.233 e. The minimum absolute atomic E-state index is 0.0142. The monoisotopic (exact) mass is 250 g/mol. The number of amides is 1. The van der Waals surface area contributed by atoms with Crippen molar-refractivity contribution >= 4 is 5.91 Å². The van der Waals surface area contributed by atoms with E-state index in [-0.39, 0.29) is 17.9 Å². The molecule has 18 heavy (non-hydrogen) atoms. The van der Waals surface area contributed by atoms with Gasteiger partial charge in [-0.25, -0.2) is 0 Å². The molecule has 0 aliphatic rings. The fourth-order valence-electron chi connectivity index (χ4n) is 1.48. The number of carbonyl (C=O) groups excluding carboxylic acids is 1. The molecule has 0 spiro atoms. The fraction of sp³-hybridized carbons (Fsp3) is 0.500. The zero-order chi connectivity index (χ0) is 13.6. The molecule has 1 aromatic carbocycles. The minimum Gasteiger partial charge on any atom is -0.492 e. The van der Waals surface area contributed by atoms with Crippen LogP contribution in [0.15, 0.2) is 24.3 Å². The molecule has 1 rings (SSSR count). The van der Waals surface area contributed by atoms with E-state index in [4.69, 9.17) is 10.5 Å². The quantitative estimate of drug-likeness (QED) is 0.777. The van der Waals surface area contributed by atoms with Gasteiger partial charge in [-0.2, -0.15) is 0 Å². The molecule has 3 N–H and O–H groups in total. The maximum absolute atomic E-state index is 10.9. The number of nitrogens with two attached hydrogens (primary N) is 1. The van der Waals surface area contributed by atoms with E-state index in [0.29, 0.717) is 13.2 Å². The average molecular weight is 250 g/mol. The van der Waals surface area contributed by atoms with E-state index in [1.165, 1.54) is 5.56 Å². The number of hydrogen-bond donors (Lipinski definition) is 2. The Balaban J connectivity index is 2.38. The lowest BCUT2D eigenvalue weighted by molar-refractivity contribution is -0.119. The number of benzene rings is 1. The van der Waals surface area contributed by atoms with Crippen molar-refractivity contribution in [1.29, 1.82) is 0 Å². The standard InChI is InChI=1S/C14H22N2O2/c1-14(2,3)11-4-6-12(7-5-11)18-9-8-16-13(17)10-15/h4-7H,8-10,15H2,1-3H3,(H,16,17). The zero-order valence-electron chi connectivity index (χ0n) is 11.3. The van der Waals surface area contributed by atoms with Crippen molar-refractivity contribution in [1.82, 2.24) is 5.32 Å². The van der Waals surface area contributed by atoms with Crippen LogP contribution in [-0.4, -0.2) is 25.6 Å². The van der Waals surface area contributed by atoms with Gasteiger partial charge in [0.2, 0.25) is 5.91 Å². The molecule has 0 saturated carbocycles. The highest BCUT2D eigenvalue weighted by molar-refractivity contribution is 5.77. The predicted octanol–water partition coefficient (Wildman–Crippen LogP) is 1.44. The van der Waals surface area contributed by atoms with E-state index in [0.717, 1.165) is 5.75 Å². The molecule has 0 atom stereocenters. The van der Waals surface area contributed by atoms with Gasteiger partial charge in [0.05, 0.1) is 13.1 Å². The number of rotatable bonds is 5. The molecule has 100 valence electrons. The first-order chi connectivity index (χ1) is 8.43. The number of ether oxygens (including phenoxy) is 1. The van der Waals surface area contributed by atoms with E-state index in [2.05, 4.69) is 38.2 Å². The molecule has 0 saturated heterocycles. The Hall–Kier alpha value is -1.55. The smallest absolute Gasteiger partial charge is 0.233 e. The Bertz CT molecular complexity index is 380. The van der Waals surface area contributed by atoms with E-state index < -0.39 is 0 Å². The Morgan fingerprint density at radius 3 is 2.39 bits per heavy atom. The summed E-state index contributed by atoms with van der Waals surface area (Å²) in [5.74, 6) is 0.645. The summed E-state index contributed by atoms with van der Waals surface area (Å²) in [6, 6.07) is 8.03. The van der Waals surface area contributed by atoms with Crippen molar-refractivity contribution < 1.29 is 9.53 Å². The minimum atomic E-state index is -0.165. The van der Waals surface area contributed by atoms with Crippen molar-refractivity contribution in [2.75, 3.05) is 19.7 Å². The topological polar surface area (TPSA) is 64.3 Å². The highest BCUT2D eigenvalue weighted by Crippen LogP contribution is 2.24. The van der Waals surface area contributed by atoms with Crippen LogP contribution in [-0.2, 0) is 10.2 Å². The summed E-state index contributed by atoms with van der Waals surface area (Å²) in [5, 5.41) is 2.65. The summed E-state index contributed by atoms with van der Waals surface area (Å²) in [6.45, 7) is 7.44. The summed E-state index contributed by atoms with van der Waals surface area (Å²) in [6.07, 6.45) is 0. The lowest BCUT2D eigenvalue weighted by Crippen LogP contribution is -2.33. The summed E-state index contributed by atoms with van der Waals surface area (Å²) in [7, 11) is 0. The van der Waals surface area contributed by atoms with Crippen LogP contribution in [0.25, 0.3) is 0 Å². The molecule has 0 radical (unpaired) electrons. The number of carbonyl (C=O) groups is 1. The summed E-state index contributed by atoms with van der Waals surface area (Å²) in [4.78, 5) is 10.9. The third-order valence-corrected chi connectivity index (χ3v) is 2.60. The highest BCUT2D eigenvalue weighted by atomic mass is 16.5. The lowest BCUT2D eigenvalue weighted by atomic mass is 9.87. The molecular formula is C14H22N2O2. The molecule has 4 heteroatoms. The van der Waals surface area contributed by atoms with Crippen molar-refractivity contribution in [3.63, 3.8) is 0 Å². The van der Waals surface area contributed by atoms with Gasteiger partial charge in [0.15, 0.2) is 0 Å². The van der Waals surface area contributed by atoms with E-state index in [1.54, 1.807) is 0 Å². The highest BCUT2D eigenvalue weighted by Gasteiger charge is 2.12. The Labute approximate surface area is 109 Å². The van der Waals surface area contributed by atoms with Gasteiger partial charge in [-0.05, 0) is 23.1 Å². The number of hydrogen-bond acceptors (Lipinski definition) is 3. The van der Waals surface area contributed by atoms with Crippen LogP contribution in [0.4, 0.5) is 0 Å². The third kappa shape index (κ3) is 4.75. The van der Waals surface area contributed by atoms with Gasteiger partial charge >= 0.3 is 0 Å². The molecule has 4 nitrogen and oxygen atoms in total. The first-order valence-electron chi connectivity index (χ1n) is 6.13. The Kier molecular flexibility index (Phi) is 5.16. The first kappa shape index (κ1) is 14.5. The summed E-state index contributed by atoms with van der Waals surface area (Å²) < 4.78 is 5.51. The van der Waals surface area contributed by atoms with Crippen LogP contribution in [0.1, 0.15) is 26.3 Å².